The molecule has 9 heteroatoms. The first-order valence-electron chi connectivity index (χ1n) is 6.13. The highest BCUT2D eigenvalue weighted by Gasteiger charge is 2.25. The van der Waals surface area contributed by atoms with E-state index >= 15 is 0 Å². The Morgan fingerprint density at radius 2 is 2.15 bits per heavy atom. The second-order valence-electron chi connectivity index (χ2n) is 4.30. The second-order valence-corrected chi connectivity index (χ2v) is 6.78. The molecule has 0 saturated heterocycles. The smallest absolute Gasteiger partial charge is 0.267 e. The molecular weight excluding hydrogens is 298 g/mol. The van der Waals surface area contributed by atoms with Crippen molar-refractivity contribution in [2.45, 2.75) is 32.2 Å². The fourth-order valence-corrected chi connectivity index (χ4v) is 4.06. The van der Waals surface area contributed by atoms with Crippen molar-refractivity contribution >= 4 is 26.5 Å². The van der Waals surface area contributed by atoms with Crippen LogP contribution in [0.1, 0.15) is 24.0 Å². The summed E-state index contributed by atoms with van der Waals surface area (Å²) < 4.78 is 27.4. The third kappa shape index (κ3) is 3.17. The van der Waals surface area contributed by atoms with Crippen LogP contribution in [-0.2, 0) is 16.6 Å². The summed E-state index contributed by atoms with van der Waals surface area (Å²) in [5.74, 6) is 0. The van der Waals surface area contributed by atoms with Crippen molar-refractivity contribution in [3.8, 4) is 0 Å². The molecule has 7 nitrogen and oxygen atoms in total. The van der Waals surface area contributed by atoms with Crippen LogP contribution in [-0.4, -0.2) is 30.1 Å². The van der Waals surface area contributed by atoms with Gasteiger partial charge in [-0.3, -0.25) is 9.82 Å². The molecule has 0 unspecified atom stereocenters. The molecule has 0 aliphatic heterocycles. The number of nitrogens with one attached hydrogen (secondary N) is 3. The topological polar surface area (TPSA) is 99.8 Å². The molecule has 0 atom stereocenters. The number of hydrogen-bond donors (Lipinski definition) is 3. The highest BCUT2D eigenvalue weighted by molar-refractivity contribution is 7.93. The average molecular weight is 315 g/mol. The fraction of sp³-hybridized carbons (Fsp3) is 0.455. The summed E-state index contributed by atoms with van der Waals surface area (Å²) in [6.07, 6.45) is 0. The number of anilines is 1. The molecule has 0 aliphatic rings. The van der Waals surface area contributed by atoms with Gasteiger partial charge in [0.2, 0.25) is 0 Å². The maximum Gasteiger partial charge on any atom is 0.267 e. The highest BCUT2D eigenvalue weighted by Crippen LogP contribution is 2.23. The second kappa shape index (κ2) is 5.90. The third-order valence-corrected chi connectivity index (χ3v) is 5.16. The zero-order valence-electron chi connectivity index (χ0n) is 11.5. The van der Waals surface area contributed by atoms with E-state index in [4.69, 9.17) is 0 Å². The lowest BCUT2D eigenvalue weighted by molar-refractivity contribution is 0.597. The summed E-state index contributed by atoms with van der Waals surface area (Å²) in [6, 6.07) is 0. The third-order valence-electron chi connectivity index (χ3n) is 2.61. The van der Waals surface area contributed by atoms with Gasteiger partial charge in [0, 0.05) is 11.9 Å². The van der Waals surface area contributed by atoms with Crippen LogP contribution in [0, 0.1) is 13.8 Å². The Hall–Kier alpha value is -1.45. The van der Waals surface area contributed by atoms with Crippen LogP contribution in [0.25, 0.3) is 0 Å². The van der Waals surface area contributed by atoms with E-state index in [1.165, 1.54) is 11.3 Å². The number of sulfonamides is 1. The Morgan fingerprint density at radius 1 is 1.40 bits per heavy atom. The number of H-pyrrole nitrogens is 1. The van der Waals surface area contributed by atoms with Crippen LogP contribution in [0.5, 0.6) is 0 Å². The van der Waals surface area contributed by atoms with Crippen molar-refractivity contribution < 1.29 is 8.42 Å². The predicted molar refractivity (Wildman–Crippen MR) is 78.4 cm³/mol. The van der Waals surface area contributed by atoms with Gasteiger partial charge in [0.1, 0.15) is 4.90 Å². The van der Waals surface area contributed by atoms with Crippen LogP contribution in [0.3, 0.4) is 0 Å². The minimum Gasteiger partial charge on any atom is -0.311 e. The lowest BCUT2D eigenvalue weighted by atomic mass is 10.3. The SMILES string of the molecule is CCNCc1n[nH]c(C)c1S(=O)(=O)Nc1nc(C)cs1. The van der Waals surface area contributed by atoms with Gasteiger partial charge >= 0.3 is 0 Å². The van der Waals surface area contributed by atoms with Gasteiger partial charge in [0.15, 0.2) is 5.13 Å². The maximum absolute atomic E-state index is 12.4. The molecule has 110 valence electrons. The first-order valence-corrected chi connectivity index (χ1v) is 8.50. The summed E-state index contributed by atoms with van der Waals surface area (Å²) in [5, 5.41) is 12.0. The van der Waals surface area contributed by atoms with Gasteiger partial charge in [-0.2, -0.15) is 5.10 Å². The Bertz CT molecular complexity index is 689. The summed E-state index contributed by atoms with van der Waals surface area (Å²) >= 11 is 1.26. The van der Waals surface area contributed by atoms with Crippen LogP contribution in [0.2, 0.25) is 0 Å². The van der Waals surface area contributed by atoms with E-state index in [1.807, 2.05) is 13.8 Å². The van der Waals surface area contributed by atoms with Crippen LogP contribution in [0.4, 0.5) is 5.13 Å². The average Bonchev–Trinajstić information content (AvgIpc) is 2.93. The number of hydrogen-bond acceptors (Lipinski definition) is 6. The number of aromatic amines is 1. The van der Waals surface area contributed by atoms with E-state index in [9.17, 15) is 8.42 Å². The van der Waals surface area contributed by atoms with Crippen molar-refractivity contribution in [2.75, 3.05) is 11.3 Å². The number of rotatable bonds is 6. The van der Waals surface area contributed by atoms with Crippen LogP contribution < -0.4 is 10.0 Å². The number of aromatic nitrogens is 3. The zero-order valence-corrected chi connectivity index (χ0v) is 13.2. The van der Waals surface area contributed by atoms with E-state index in [-0.39, 0.29) is 4.90 Å². The summed E-state index contributed by atoms with van der Waals surface area (Å²) in [4.78, 5) is 4.30. The quantitative estimate of drug-likeness (QED) is 0.748. The Balaban J connectivity index is 2.31. The van der Waals surface area contributed by atoms with Crippen molar-refractivity contribution in [1.29, 1.82) is 0 Å². The van der Waals surface area contributed by atoms with E-state index in [1.54, 1.807) is 12.3 Å². The molecule has 0 radical (unpaired) electrons. The van der Waals surface area contributed by atoms with Gasteiger partial charge in [-0.1, -0.05) is 6.92 Å². The molecule has 3 N–H and O–H groups in total. The molecule has 0 bridgehead atoms. The Kier molecular flexibility index (Phi) is 4.41. The number of nitrogens with zero attached hydrogens (tertiary/aromatic N) is 2. The lowest BCUT2D eigenvalue weighted by Crippen LogP contribution is -2.19. The molecule has 0 saturated carbocycles. The molecule has 2 rings (SSSR count). The molecule has 0 aliphatic carbocycles. The van der Waals surface area contributed by atoms with E-state index in [0.29, 0.717) is 23.1 Å². The summed E-state index contributed by atoms with van der Waals surface area (Å²) in [7, 11) is -3.68. The molecule has 0 spiro atoms. The van der Waals surface area contributed by atoms with E-state index in [2.05, 4.69) is 25.2 Å². The van der Waals surface area contributed by atoms with Gasteiger partial charge in [-0.15, -0.1) is 11.3 Å². The summed E-state index contributed by atoms with van der Waals surface area (Å²) in [5.41, 5.74) is 1.77. The van der Waals surface area contributed by atoms with Crippen molar-refractivity contribution in [1.82, 2.24) is 20.5 Å². The standard InChI is InChI=1S/C11H17N5O2S2/c1-4-12-5-9-10(8(3)14-15-9)20(17,18)16-11-13-7(2)6-19-11/h6,12H,4-5H2,1-3H3,(H,13,16)(H,14,15). The largest absolute Gasteiger partial charge is 0.311 e. The van der Waals surface area contributed by atoms with Gasteiger partial charge in [-0.25, -0.2) is 13.4 Å². The summed E-state index contributed by atoms with van der Waals surface area (Å²) in [6.45, 7) is 6.58. The minimum atomic E-state index is -3.68. The van der Waals surface area contributed by atoms with Crippen molar-refractivity contribution in [3.05, 3.63) is 22.5 Å². The normalized spacial score (nSPS) is 11.8. The van der Waals surface area contributed by atoms with Gasteiger partial charge in [-0.05, 0) is 20.4 Å². The van der Waals surface area contributed by atoms with Crippen molar-refractivity contribution in [2.24, 2.45) is 0 Å². The van der Waals surface area contributed by atoms with Gasteiger partial charge in [0.25, 0.3) is 10.0 Å². The molecule has 0 fully saturated rings. The Morgan fingerprint density at radius 3 is 2.75 bits per heavy atom. The van der Waals surface area contributed by atoms with Gasteiger partial charge in [0.05, 0.1) is 17.1 Å². The molecular formula is C11H17N5O2S2. The maximum atomic E-state index is 12.4. The minimum absolute atomic E-state index is 0.186. The van der Waals surface area contributed by atoms with E-state index < -0.39 is 10.0 Å². The zero-order chi connectivity index (χ0) is 14.8. The fourth-order valence-electron chi connectivity index (χ4n) is 1.76. The first kappa shape index (κ1) is 14.9. The molecule has 2 aromatic heterocycles. The van der Waals surface area contributed by atoms with Crippen molar-refractivity contribution in [3.63, 3.8) is 0 Å². The number of aryl methyl sites for hydroxylation is 2. The van der Waals surface area contributed by atoms with Gasteiger partial charge < -0.3 is 5.32 Å². The molecule has 0 aromatic carbocycles. The van der Waals surface area contributed by atoms with Crippen LogP contribution >= 0.6 is 11.3 Å². The molecule has 2 aromatic rings. The molecule has 2 heterocycles. The Labute approximate surface area is 121 Å². The monoisotopic (exact) mass is 315 g/mol. The highest BCUT2D eigenvalue weighted by atomic mass is 32.2. The van der Waals surface area contributed by atoms with E-state index in [0.717, 1.165) is 12.2 Å². The lowest BCUT2D eigenvalue weighted by Gasteiger charge is -2.07. The van der Waals surface area contributed by atoms with Crippen LogP contribution in [0.15, 0.2) is 10.3 Å². The molecule has 0 amide bonds. The molecule has 20 heavy (non-hydrogen) atoms. The number of thiazole rings is 1. The first-order chi connectivity index (χ1) is 9.44. The predicted octanol–water partition coefficient (Wildman–Crippen LogP) is 1.39.